The van der Waals surface area contributed by atoms with E-state index < -0.39 is 10.0 Å². The molecule has 0 fully saturated rings. The first-order valence-electron chi connectivity index (χ1n) is 10.9. The lowest BCUT2D eigenvalue weighted by Gasteiger charge is -2.21. The third kappa shape index (κ3) is 5.34. The highest BCUT2D eigenvalue weighted by Crippen LogP contribution is 2.26. The summed E-state index contributed by atoms with van der Waals surface area (Å²) in [5.41, 5.74) is 2.89. The molecule has 0 aromatic heterocycles. The molecule has 0 aliphatic carbocycles. The molecule has 8 heteroatoms. The lowest BCUT2D eigenvalue weighted by Crippen LogP contribution is -2.29. The Morgan fingerprint density at radius 3 is 2.15 bits per heavy atom. The highest BCUT2D eigenvalue weighted by Gasteiger charge is 2.22. The number of nitrogens with one attached hydrogen (secondary N) is 1. The average Bonchev–Trinajstić information content (AvgIpc) is 2.86. The molecule has 1 N–H and O–H groups in total. The molecule has 34 heavy (non-hydrogen) atoms. The molecule has 0 aliphatic heterocycles. The molecule has 0 radical (unpaired) electrons. The summed E-state index contributed by atoms with van der Waals surface area (Å²) in [6, 6.07) is 18.4. The Balaban J connectivity index is 1.74. The second-order valence-electron chi connectivity index (χ2n) is 7.86. The molecule has 0 heterocycles. The standard InChI is InChI=1S/C26H30N2O5S/c1-6-24(20-9-16-25(33-5)18(2)17-20)27-26(29)19-7-10-21(11-8-19)28(3)34(30,31)23-14-12-22(32-4)13-15-23/h7-17,24H,6H2,1-5H3,(H,27,29)/t24-/m1/s1. The topological polar surface area (TPSA) is 84.9 Å². The molecule has 3 aromatic rings. The summed E-state index contributed by atoms with van der Waals surface area (Å²) in [7, 11) is 0.879. The van der Waals surface area contributed by atoms with Crippen LogP contribution in [0.5, 0.6) is 11.5 Å². The van der Waals surface area contributed by atoms with Crippen LogP contribution in [0.1, 0.15) is 40.9 Å². The minimum absolute atomic E-state index is 0.151. The number of rotatable bonds is 9. The number of nitrogens with zero attached hydrogens (tertiary/aromatic N) is 1. The molecule has 1 amide bonds. The lowest BCUT2D eigenvalue weighted by molar-refractivity contribution is 0.0935. The average molecular weight is 483 g/mol. The number of amides is 1. The van der Waals surface area contributed by atoms with E-state index in [0.29, 0.717) is 17.0 Å². The van der Waals surface area contributed by atoms with Gasteiger partial charge in [-0.25, -0.2) is 8.42 Å². The number of anilines is 1. The van der Waals surface area contributed by atoms with Gasteiger partial charge in [-0.2, -0.15) is 0 Å². The first-order chi connectivity index (χ1) is 16.2. The van der Waals surface area contributed by atoms with Crippen molar-refractivity contribution >= 4 is 21.6 Å². The summed E-state index contributed by atoms with van der Waals surface area (Å²) in [5, 5.41) is 3.06. The largest absolute Gasteiger partial charge is 0.497 e. The van der Waals surface area contributed by atoms with Crippen molar-refractivity contribution in [1.29, 1.82) is 0 Å². The Kier molecular flexibility index (Phi) is 7.83. The van der Waals surface area contributed by atoms with Crippen molar-refractivity contribution in [2.24, 2.45) is 0 Å². The van der Waals surface area contributed by atoms with Gasteiger partial charge in [0.05, 0.1) is 30.8 Å². The molecule has 0 unspecified atom stereocenters. The molecule has 0 bridgehead atoms. The predicted octanol–water partition coefficient (Wildman–Crippen LogP) is 4.72. The molecule has 0 spiro atoms. The summed E-state index contributed by atoms with van der Waals surface area (Å²) in [6.45, 7) is 3.97. The van der Waals surface area contributed by atoms with Crippen LogP contribution in [0, 0.1) is 6.92 Å². The molecule has 0 aliphatic rings. The number of hydrogen-bond acceptors (Lipinski definition) is 5. The molecule has 1 atom stereocenters. The van der Waals surface area contributed by atoms with Gasteiger partial charge in [0.15, 0.2) is 0 Å². The Morgan fingerprint density at radius 1 is 0.971 bits per heavy atom. The smallest absolute Gasteiger partial charge is 0.264 e. The van der Waals surface area contributed by atoms with Gasteiger partial charge in [0.1, 0.15) is 11.5 Å². The van der Waals surface area contributed by atoms with Crippen LogP contribution in [0.15, 0.2) is 71.6 Å². The summed E-state index contributed by atoms with van der Waals surface area (Å²) >= 11 is 0. The van der Waals surface area contributed by atoms with Gasteiger partial charge >= 0.3 is 0 Å². The minimum atomic E-state index is -3.75. The first kappa shape index (κ1) is 25.1. The van der Waals surface area contributed by atoms with Gasteiger partial charge in [-0.1, -0.05) is 19.1 Å². The fraction of sp³-hybridized carbons (Fsp3) is 0.269. The van der Waals surface area contributed by atoms with Crippen molar-refractivity contribution in [2.45, 2.75) is 31.2 Å². The zero-order chi connectivity index (χ0) is 24.9. The second kappa shape index (κ2) is 10.6. The van der Waals surface area contributed by atoms with Gasteiger partial charge in [0, 0.05) is 12.6 Å². The Morgan fingerprint density at radius 2 is 1.62 bits per heavy atom. The summed E-state index contributed by atoms with van der Waals surface area (Å²) in [4.78, 5) is 13.0. The highest BCUT2D eigenvalue weighted by atomic mass is 32.2. The molecular weight excluding hydrogens is 452 g/mol. The van der Waals surface area contributed by atoms with Crippen LogP contribution in [0.2, 0.25) is 0 Å². The maximum Gasteiger partial charge on any atom is 0.264 e. The zero-order valence-corrected chi connectivity index (χ0v) is 20.8. The molecular formula is C26H30N2O5S. The predicted molar refractivity (Wildman–Crippen MR) is 133 cm³/mol. The molecule has 0 saturated carbocycles. The third-order valence-electron chi connectivity index (χ3n) is 5.75. The van der Waals surface area contributed by atoms with Crippen molar-refractivity contribution in [2.75, 3.05) is 25.6 Å². The molecule has 3 rings (SSSR count). The third-order valence-corrected chi connectivity index (χ3v) is 7.55. The number of methoxy groups -OCH3 is 2. The van der Waals surface area contributed by atoms with Gasteiger partial charge in [-0.3, -0.25) is 9.10 Å². The van der Waals surface area contributed by atoms with E-state index in [1.54, 1.807) is 43.5 Å². The van der Waals surface area contributed by atoms with Gasteiger partial charge in [0.2, 0.25) is 0 Å². The van der Waals surface area contributed by atoms with E-state index in [9.17, 15) is 13.2 Å². The zero-order valence-electron chi connectivity index (χ0n) is 20.0. The van der Waals surface area contributed by atoms with Crippen LogP contribution < -0.4 is 19.1 Å². The van der Waals surface area contributed by atoms with Crippen LogP contribution >= 0.6 is 0 Å². The van der Waals surface area contributed by atoms with E-state index in [-0.39, 0.29) is 16.8 Å². The lowest BCUT2D eigenvalue weighted by atomic mass is 10.0. The monoisotopic (exact) mass is 482 g/mol. The molecule has 180 valence electrons. The van der Waals surface area contributed by atoms with Crippen LogP contribution in [0.3, 0.4) is 0 Å². The fourth-order valence-electron chi connectivity index (χ4n) is 3.65. The van der Waals surface area contributed by atoms with E-state index in [1.807, 2.05) is 32.0 Å². The van der Waals surface area contributed by atoms with Gasteiger partial charge in [-0.05, 0) is 79.1 Å². The van der Waals surface area contributed by atoms with Crippen LogP contribution in [-0.4, -0.2) is 35.6 Å². The van der Waals surface area contributed by atoms with E-state index in [4.69, 9.17) is 9.47 Å². The normalized spacial score (nSPS) is 12.0. The number of sulfonamides is 1. The number of benzene rings is 3. The number of carbonyl (C=O) groups is 1. The summed E-state index contributed by atoms with van der Waals surface area (Å²) < 4.78 is 37.5. The maximum absolute atomic E-state index is 13.0. The van der Waals surface area contributed by atoms with Crippen LogP contribution in [0.4, 0.5) is 5.69 Å². The van der Waals surface area contributed by atoms with E-state index in [1.165, 1.54) is 30.6 Å². The quantitative estimate of drug-likeness (QED) is 0.477. The van der Waals surface area contributed by atoms with E-state index in [0.717, 1.165) is 23.3 Å². The Labute approximate surface area is 201 Å². The van der Waals surface area contributed by atoms with Gasteiger partial charge in [0.25, 0.3) is 15.9 Å². The highest BCUT2D eigenvalue weighted by molar-refractivity contribution is 7.92. The van der Waals surface area contributed by atoms with Crippen molar-refractivity contribution in [1.82, 2.24) is 5.32 Å². The maximum atomic E-state index is 13.0. The van der Waals surface area contributed by atoms with Crippen LogP contribution in [-0.2, 0) is 10.0 Å². The second-order valence-corrected chi connectivity index (χ2v) is 9.83. The number of aryl methyl sites for hydroxylation is 1. The van der Waals surface area contributed by atoms with Crippen molar-refractivity contribution in [3.63, 3.8) is 0 Å². The molecule has 7 nitrogen and oxygen atoms in total. The van der Waals surface area contributed by atoms with Crippen molar-refractivity contribution < 1.29 is 22.7 Å². The Bertz CT molecular complexity index is 1240. The van der Waals surface area contributed by atoms with E-state index >= 15 is 0 Å². The molecule has 0 saturated heterocycles. The van der Waals surface area contributed by atoms with Crippen molar-refractivity contribution in [3.8, 4) is 11.5 Å². The molecule has 3 aromatic carbocycles. The number of carbonyl (C=O) groups excluding carboxylic acids is 1. The number of hydrogen-bond donors (Lipinski definition) is 1. The summed E-state index contributed by atoms with van der Waals surface area (Å²) in [6.07, 6.45) is 0.721. The van der Waals surface area contributed by atoms with Gasteiger partial charge in [-0.15, -0.1) is 0 Å². The Hall–Kier alpha value is -3.52. The first-order valence-corrected chi connectivity index (χ1v) is 12.3. The number of ether oxygens (including phenoxy) is 2. The summed E-state index contributed by atoms with van der Waals surface area (Å²) in [5.74, 6) is 1.15. The van der Waals surface area contributed by atoms with Gasteiger partial charge < -0.3 is 14.8 Å². The fourth-order valence-corrected chi connectivity index (χ4v) is 4.84. The SMILES string of the molecule is CC[C@@H](NC(=O)c1ccc(N(C)S(=O)(=O)c2ccc(OC)cc2)cc1)c1ccc(OC)c(C)c1. The van der Waals surface area contributed by atoms with Crippen LogP contribution in [0.25, 0.3) is 0 Å². The van der Waals surface area contributed by atoms with E-state index in [2.05, 4.69) is 5.32 Å². The van der Waals surface area contributed by atoms with Crippen molar-refractivity contribution in [3.05, 3.63) is 83.4 Å². The minimum Gasteiger partial charge on any atom is -0.497 e.